The first-order valence-electron chi connectivity index (χ1n) is 5.22. The number of rotatable bonds is 1. The van der Waals surface area contributed by atoms with Gasteiger partial charge in [0.15, 0.2) is 11.2 Å². The molecule has 2 aromatic rings. The van der Waals surface area contributed by atoms with E-state index in [2.05, 4.69) is 0 Å². The molecule has 17 heavy (non-hydrogen) atoms. The highest BCUT2D eigenvalue weighted by molar-refractivity contribution is 5.79. The van der Waals surface area contributed by atoms with Crippen LogP contribution in [0.2, 0.25) is 0 Å². The zero-order valence-corrected chi connectivity index (χ0v) is 8.66. The molecule has 0 amide bonds. The SMILES string of the molecule is O=c1ccn([C@@H]2C[C@@H]2F)c2c(F)cc(F)cc12. The van der Waals surface area contributed by atoms with Crippen LogP contribution in [0.25, 0.3) is 10.9 Å². The lowest BCUT2D eigenvalue weighted by molar-refractivity contribution is 0.443. The molecule has 5 heteroatoms. The van der Waals surface area contributed by atoms with Gasteiger partial charge in [0.05, 0.1) is 16.9 Å². The molecule has 0 unspecified atom stereocenters. The van der Waals surface area contributed by atoms with E-state index in [9.17, 15) is 18.0 Å². The first-order chi connectivity index (χ1) is 8.08. The molecule has 88 valence electrons. The monoisotopic (exact) mass is 239 g/mol. The van der Waals surface area contributed by atoms with Crippen LogP contribution >= 0.6 is 0 Å². The predicted octanol–water partition coefficient (Wildman–Crippen LogP) is 2.56. The smallest absolute Gasteiger partial charge is 0.189 e. The summed E-state index contributed by atoms with van der Waals surface area (Å²) < 4.78 is 41.1. The van der Waals surface area contributed by atoms with Crippen LogP contribution in [0.1, 0.15) is 12.5 Å². The molecule has 1 aromatic carbocycles. The van der Waals surface area contributed by atoms with Crippen molar-refractivity contribution in [2.24, 2.45) is 0 Å². The highest BCUT2D eigenvalue weighted by Gasteiger charge is 2.39. The van der Waals surface area contributed by atoms with Gasteiger partial charge in [0.2, 0.25) is 0 Å². The van der Waals surface area contributed by atoms with Crippen molar-refractivity contribution in [3.63, 3.8) is 0 Å². The molecule has 0 N–H and O–H groups in total. The van der Waals surface area contributed by atoms with Crippen molar-refractivity contribution in [3.05, 3.63) is 46.3 Å². The van der Waals surface area contributed by atoms with E-state index in [1.54, 1.807) is 0 Å². The van der Waals surface area contributed by atoms with Gasteiger partial charge in [-0.2, -0.15) is 0 Å². The topological polar surface area (TPSA) is 22.0 Å². The Balaban J connectivity index is 2.38. The van der Waals surface area contributed by atoms with Gasteiger partial charge in [0.1, 0.15) is 12.0 Å². The Hall–Kier alpha value is -1.78. The van der Waals surface area contributed by atoms with E-state index in [1.165, 1.54) is 16.8 Å². The molecule has 1 aliphatic carbocycles. The van der Waals surface area contributed by atoms with Crippen LogP contribution in [0, 0.1) is 11.6 Å². The summed E-state index contributed by atoms with van der Waals surface area (Å²) in [5.74, 6) is -1.64. The third kappa shape index (κ3) is 1.53. The maximum Gasteiger partial charge on any atom is 0.189 e. The minimum absolute atomic E-state index is 0.0240. The number of alkyl halides is 1. The fourth-order valence-electron chi connectivity index (χ4n) is 2.04. The normalized spacial score (nSPS) is 23.0. The maximum atomic E-state index is 13.7. The number of benzene rings is 1. The Labute approximate surface area is 94.3 Å². The van der Waals surface area contributed by atoms with Crippen LogP contribution in [-0.4, -0.2) is 10.7 Å². The van der Waals surface area contributed by atoms with Crippen molar-refractivity contribution in [2.75, 3.05) is 0 Å². The van der Waals surface area contributed by atoms with Crippen LogP contribution in [0.3, 0.4) is 0 Å². The summed E-state index contributed by atoms with van der Waals surface area (Å²) in [6, 6.07) is 2.44. The number of hydrogen-bond donors (Lipinski definition) is 0. The molecule has 2 atom stereocenters. The molecule has 3 rings (SSSR count). The number of fused-ring (bicyclic) bond motifs is 1. The molecule has 0 aliphatic heterocycles. The lowest BCUT2D eigenvalue weighted by atomic mass is 10.2. The maximum absolute atomic E-state index is 13.7. The summed E-state index contributed by atoms with van der Waals surface area (Å²) in [5, 5.41) is -0.0518. The van der Waals surface area contributed by atoms with Gasteiger partial charge < -0.3 is 4.57 Å². The van der Waals surface area contributed by atoms with Crippen molar-refractivity contribution < 1.29 is 13.2 Å². The Morgan fingerprint density at radius 1 is 1.29 bits per heavy atom. The summed E-state index contributed by atoms with van der Waals surface area (Å²) in [5.41, 5.74) is -0.491. The van der Waals surface area contributed by atoms with Gasteiger partial charge in [0.25, 0.3) is 0 Å². The fraction of sp³-hybridized carbons (Fsp3) is 0.250. The van der Waals surface area contributed by atoms with Gasteiger partial charge in [-0.05, 0) is 6.07 Å². The van der Waals surface area contributed by atoms with E-state index in [1.807, 2.05) is 0 Å². The van der Waals surface area contributed by atoms with E-state index in [0.29, 0.717) is 12.5 Å². The first-order valence-corrected chi connectivity index (χ1v) is 5.22. The van der Waals surface area contributed by atoms with Crippen molar-refractivity contribution >= 4 is 10.9 Å². The minimum atomic E-state index is -1.02. The number of nitrogens with zero attached hydrogens (tertiary/aromatic N) is 1. The number of pyridine rings is 1. The molecule has 0 bridgehead atoms. The molecule has 0 radical (unpaired) electrons. The predicted molar refractivity (Wildman–Crippen MR) is 56.7 cm³/mol. The van der Waals surface area contributed by atoms with Gasteiger partial charge >= 0.3 is 0 Å². The molecule has 2 nitrogen and oxygen atoms in total. The molecule has 1 fully saturated rings. The van der Waals surface area contributed by atoms with E-state index >= 15 is 0 Å². The number of aromatic nitrogens is 1. The average Bonchev–Trinajstić information content (AvgIpc) is 2.97. The number of halogens is 3. The standard InChI is InChI=1S/C12H8F3NO/c13-6-3-7-11(17)1-2-16(10-5-8(10)14)12(7)9(15)4-6/h1-4,8,10H,5H2/t8-,10+/m0/s1. The number of hydrogen-bond acceptors (Lipinski definition) is 1. The van der Waals surface area contributed by atoms with Gasteiger partial charge in [0, 0.05) is 24.8 Å². The summed E-state index contributed by atoms with van der Waals surface area (Å²) in [7, 11) is 0. The van der Waals surface area contributed by atoms with Crippen molar-refractivity contribution in [3.8, 4) is 0 Å². The molecule has 1 aliphatic rings. The second kappa shape index (κ2) is 3.35. The first kappa shape index (κ1) is 10.4. The van der Waals surface area contributed by atoms with Crippen molar-refractivity contribution in [1.82, 2.24) is 4.57 Å². The Bertz CT molecular complexity index is 665. The molecule has 0 saturated heterocycles. The Morgan fingerprint density at radius 3 is 2.65 bits per heavy atom. The van der Waals surface area contributed by atoms with E-state index in [4.69, 9.17) is 0 Å². The molecule has 1 aromatic heterocycles. The largest absolute Gasteiger partial charge is 0.339 e. The average molecular weight is 239 g/mol. The third-order valence-corrected chi connectivity index (χ3v) is 2.98. The summed E-state index contributed by atoms with van der Waals surface area (Å²) >= 11 is 0. The van der Waals surface area contributed by atoms with Gasteiger partial charge in [-0.1, -0.05) is 0 Å². The van der Waals surface area contributed by atoms with Crippen LogP contribution < -0.4 is 5.43 Å². The van der Waals surface area contributed by atoms with Gasteiger partial charge in [-0.3, -0.25) is 4.79 Å². The summed E-state index contributed by atoms with van der Waals surface area (Å²) in [6.45, 7) is 0. The second-order valence-corrected chi connectivity index (χ2v) is 4.19. The minimum Gasteiger partial charge on any atom is -0.339 e. The zero-order valence-electron chi connectivity index (χ0n) is 8.66. The highest BCUT2D eigenvalue weighted by atomic mass is 19.1. The van der Waals surface area contributed by atoms with Gasteiger partial charge in [-0.25, -0.2) is 13.2 Å². The van der Waals surface area contributed by atoms with Crippen LogP contribution in [0.5, 0.6) is 0 Å². The highest BCUT2D eigenvalue weighted by Crippen LogP contribution is 2.40. The Kier molecular flexibility index (Phi) is 2.05. The summed E-state index contributed by atoms with van der Waals surface area (Å²) in [4.78, 5) is 11.5. The van der Waals surface area contributed by atoms with E-state index in [-0.39, 0.29) is 10.9 Å². The Morgan fingerprint density at radius 2 is 2.00 bits per heavy atom. The molecular weight excluding hydrogens is 231 g/mol. The second-order valence-electron chi connectivity index (χ2n) is 4.19. The van der Waals surface area contributed by atoms with Crippen LogP contribution in [0.4, 0.5) is 13.2 Å². The third-order valence-electron chi connectivity index (χ3n) is 2.98. The van der Waals surface area contributed by atoms with Crippen molar-refractivity contribution in [2.45, 2.75) is 18.6 Å². The summed E-state index contributed by atoms with van der Waals surface area (Å²) in [6.07, 6.45) is 0.634. The molecule has 0 spiro atoms. The van der Waals surface area contributed by atoms with Crippen molar-refractivity contribution in [1.29, 1.82) is 0 Å². The quantitative estimate of drug-likeness (QED) is 0.749. The van der Waals surface area contributed by atoms with E-state index < -0.39 is 29.3 Å². The van der Waals surface area contributed by atoms with Crippen LogP contribution in [0.15, 0.2) is 29.2 Å². The fourth-order valence-corrected chi connectivity index (χ4v) is 2.04. The zero-order chi connectivity index (χ0) is 12.2. The van der Waals surface area contributed by atoms with Gasteiger partial charge in [-0.15, -0.1) is 0 Å². The molecule has 1 heterocycles. The molecular formula is C12H8F3NO. The van der Waals surface area contributed by atoms with E-state index in [0.717, 1.165) is 6.07 Å². The lowest BCUT2D eigenvalue weighted by Crippen LogP contribution is -2.10. The van der Waals surface area contributed by atoms with Crippen LogP contribution in [-0.2, 0) is 0 Å². The lowest BCUT2D eigenvalue weighted by Gasteiger charge is -2.10. The molecule has 1 saturated carbocycles.